The molecule has 0 saturated heterocycles. The Bertz CT molecular complexity index is 504. The zero-order valence-electron chi connectivity index (χ0n) is 9.74. The van der Waals surface area contributed by atoms with E-state index in [1.807, 2.05) is 0 Å². The van der Waals surface area contributed by atoms with E-state index in [1.54, 1.807) is 12.1 Å². The summed E-state index contributed by atoms with van der Waals surface area (Å²) < 4.78 is 0.483. The molecule has 1 saturated carbocycles. The molecule has 2 amide bonds. The molecule has 96 valence electrons. The van der Waals surface area contributed by atoms with Gasteiger partial charge in [-0.15, -0.1) is 0 Å². The fourth-order valence-corrected chi connectivity index (χ4v) is 2.04. The summed E-state index contributed by atoms with van der Waals surface area (Å²) in [4.78, 5) is 22.5. The van der Waals surface area contributed by atoms with Crippen molar-refractivity contribution in [3.8, 4) is 0 Å². The zero-order valence-corrected chi connectivity index (χ0v) is 11.3. The third kappa shape index (κ3) is 3.01. The Morgan fingerprint density at radius 1 is 1.44 bits per heavy atom. The first-order chi connectivity index (χ1) is 8.47. The lowest BCUT2D eigenvalue weighted by atomic mass is 10.2. The number of aromatic carboxylic acids is 1. The van der Waals surface area contributed by atoms with Crippen LogP contribution in [0.15, 0.2) is 22.7 Å². The van der Waals surface area contributed by atoms with Gasteiger partial charge in [0.2, 0.25) is 0 Å². The molecule has 1 aliphatic carbocycles. The monoisotopic (exact) mass is 312 g/mol. The molecule has 1 aromatic rings. The number of hydrogen-bond donors (Lipinski definition) is 3. The van der Waals surface area contributed by atoms with Gasteiger partial charge in [0.1, 0.15) is 0 Å². The fraction of sp³-hybridized carbons (Fsp3) is 0.333. The van der Waals surface area contributed by atoms with Gasteiger partial charge in [-0.25, -0.2) is 9.59 Å². The molecule has 1 aromatic carbocycles. The van der Waals surface area contributed by atoms with E-state index < -0.39 is 5.97 Å². The second-order valence-corrected chi connectivity index (χ2v) is 5.27. The van der Waals surface area contributed by atoms with Crippen molar-refractivity contribution in [2.45, 2.75) is 19.4 Å². The van der Waals surface area contributed by atoms with Crippen LogP contribution in [0.3, 0.4) is 0 Å². The van der Waals surface area contributed by atoms with Gasteiger partial charge >= 0.3 is 12.0 Å². The van der Waals surface area contributed by atoms with Gasteiger partial charge in [-0.05, 0) is 46.5 Å². The zero-order chi connectivity index (χ0) is 13.3. The van der Waals surface area contributed by atoms with Crippen molar-refractivity contribution in [1.29, 1.82) is 0 Å². The summed E-state index contributed by atoms with van der Waals surface area (Å²) in [5, 5.41) is 14.4. The lowest BCUT2D eigenvalue weighted by Gasteiger charge is -2.08. The average Bonchev–Trinajstić information content (AvgIpc) is 2.96. The van der Waals surface area contributed by atoms with Crippen LogP contribution in [0, 0.1) is 5.92 Å². The highest BCUT2D eigenvalue weighted by molar-refractivity contribution is 9.10. The van der Waals surface area contributed by atoms with Crippen molar-refractivity contribution in [2.75, 3.05) is 5.32 Å². The molecule has 0 heterocycles. The summed E-state index contributed by atoms with van der Waals surface area (Å²) in [6, 6.07) is 4.59. The van der Waals surface area contributed by atoms with Crippen LogP contribution in [0.5, 0.6) is 0 Å². The lowest BCUT2D eigenvalue weighted by Crippen LogP contribution is -2.31. The van der Waals surface area contributed by atoms with Gasteiger partial charge in [-0.2, -0.15) is 0 Å². The molecule has 0 radical (unpaired) electrons. The molecule has 6 heteroatoms. The first-order valence-electron chi connectivity index (χ1n) is 5.57. The van der Waals surface area contributed by atoms with Crippen molar-refractivity contribution in [2.24, 2.45) is 5.92 Å². The standard InChI is InChI=1S/C12H13BrN2O3/c1-6-4-10(6)15-12(18)14-7-2-3-9(13)8(5-7)11(16)17/h2-3,5-6,10H,4H2,1H3,(H,16,17)(H2,14,15,18). The molecule has 1 aliphatic rings. The summed E-state index contributed by atoms with van der Waals surface area (Å²) in [5.74, 6) is -0.517. The number of carbonyl (C=O) groups excluding carboxylic acids is 1. The highest BCUT2D eigenvalue weighted by Crippen LogP contribution is 2.29. The highest BCUT2D eigenvalue weighted by Gasteiger charge is 2.33. The Kier molecular flexibility index (Phi) is 3.56. The van der Waals surface area contributed by atoms with Crippen molar-refractivity contribution < 1.29 is 14.7 Å². The van der Waals surface area contributed by atoms with E-state index in [0.717, 1.165) is 6.42 Å². The van der Waals surface area contributed by atoms with E-state index in [4.69, 9.17) is 5.11 Å². The van der Waals surface area contributed by atoms with Gasteiger partial charge in [0.25, 0.3) is 0 Å². The van der Waals surface area contributed by atoms with Crippen LogP contribution < -0.4 is 10.6 Å². The normalized spacial score (nSPS) is 21.2. The maximum absolute atomic E-state index is 11.6. The molecule has 0 aromatic heterocycles. The molecular weight excluding hydrogens is 300 g/mol. The molecule has 0 aliphatic heterocycles. The van der Waals surface area contributed by atoms with E-state index in [-0.39, 0.29) is 17.6 Å². The average molecular weight is 313 g/mol. The summed E-state index contributed by atoms with van der Waals surface area (Å²) in [7, 11) is 0. The van der Waals surface area contributed by atoms with Crippen LogP contribution in [-0.2, 0) is 0 Å². The van der Waals surface area contributed by atoms with E-state index in [0.29, 0.717) is 16.1 Å². The predicted molar refractivity (Wildman–Crippen MR) is 70.8 cm³/mol. The number of nitrogens with one attached hydrogen (secondary N) is 2. The van der Waals surface area contributed by atoms with Gasteiger partial charge in [-0.1, -0.05) is 6.92 Å². The van der Waals surface area contributed by atoms with Gasteiger partial charge in [-0.3, -0.25) is 0 Å². The molecule has 1 fully saturated rings. The minimum Gasteiger partial charge on any atom is -0.478 e. The van der Waals surface area contributed by atoms with E-state index >= 15 is 0 Å². The Balaban J connectivity index is 2.02. The number of benzene rings is 1. The van der Waals surface area contributed by atoms with Crippen LogP contribution in [0.1, 0.15) is 23.7 Å². The van der Waals surface area contributed by atoms with Crippen LogP contribution in [-0.4, -0.2) is 23.1 Å². The summed E-state index contributed by atoms with van der Waals surface area (Å²) in [6.45, 7) is 2.06. The lowest BCUT2D eigenvalue weighted by molar-refractivity contribution is 0.0696. The molecule has 2 atom stereocenters. The Hall–Kier alpha value is -1.56. The van der Waals surface area contributed by atoms with Crippen LogP contribution in [0.4, 0.5) is 10.5 Å². The number of carboxylic acid groups (broad SMARTS) is 1. The predicted octanol–water partition coefficient (Wildman–Crippen LogP) is 2.68. The quantitative estimate of drug-likeness (QED) is 0.803. The van der Waals surface area contributed by atoms with Crippen LogP contribution in [0.25, 0.3) is 0 Å². The summed E-state index contributed by atoms with van der Waals surface area (Å²) in [6.07, 6.45) is 0.994. The number of halogens is 1. The first-order valence-corrected chi connectivity index (χ1v) is 6.37. The number of rotatable bonds is 3. The van der Waals surface area contributed by atoms with E-state index in [1.165, 1.54) is 6.07 Å². The molecule has 3 N–H and O–H groups in total. The van der Waals surface area contributed by atoms with Gasteiger partial charge in [0.05, 0.1) is 5.56 Å². The Morgan fingerprint density at radius 2 is 2.11 bits per heavy atom. The summed E-state index contributed by atoms with van der Waals surface area (Å²) in [5.41, 5.74) is 0.578. The number of amides is 2. The molecule has 2 unspecified atom stereocenters. The third-order valence-electron chi connectivity index (χ3n) is 2.88. The van der Waals surface area contributed by atoms with E-state index in [2.05, 4.69) is 33.5 Å². The van der Waals surface area contributed by atoms with E-state index in [9.17, 15) is 9.59 Å². The smallest absolute Gasteiger partial charge is 0.336 e. The molecular formula is C12H13BrN2O3. The number of carboxylic acids is 1. The number of hydrogen-bond acceptors (Lipinski definition) is 2. The SMILES string of the molecule is CC1CC1NC(=O)Nc1ccc(Br)c(C(=O)O)c1. The van der Waals surface area contributed by atoms with Gasteiger partial charge < -0.3 is 15.7 Å². The number of carbonyl (C=O) groups is 2. The Morgan fingerprint density at radius 3 is 2.67 bits per heavy atom. The minimum absolute atomic E-state index is 0.118. The minimum atomic E-state index is -1.04. The number of urea groups is 1. The molecule has 2 rings (SSSR count). The Labute approximate surface area is 113 Å². The summed E-state index contributed by atoms with van der Waals surface area (Å²) >= 11 is 3.15. The van der Waals surface area contributed by atoms with Crippen molar-refractivity contribution >= 4 is 33.6 Å². The molecule has 18 heavy (non-hydrogen) atoms. The van der Waals surface area contributed by atoms with Crippen molar-refractivity contribution in [3.63, 3.8) is 0 Å². The molecule has 0 bridgehead atoms. The van der Waals surface area contributed by atoms with Crippen LogP contribution >= 0.6 is 15.9 Å². The van der Waals surface area contributed by atoms with Gasteiger partial charge in [0, 0.05) is 16.2 Å². The maximum atomic E-state index is 11.6. The first kappa shape index (κ1) is 12.9. The topological polar surface area (TPSA) is 78.4 Å². The van der Waals surface area contributed by atoms with Crippen molar-refractivity contribution in [1.82, 2.24) is 5.32 Å². The second kappa shape index (κ2) is 4.97. The second-order valence-electron chi connectivity index (χ2n) is 4.42. The molecule has 5 nitrogen and oxygen atoms in total. The highest BCUT2D eigenvalue weighted by atomic mass is 79.9. The maximum Gasteiger partial charge on any atom is 0.336 e. The largest absolute Gasteiger partial charge is 0.478 e. The van der Waals surface area contributed by atoms with Crippen LogP contribution in [0.2, 0.25) is 0 Å². The molecule has 0 spiro atoms. The fourth-order valence-electron chi connectivity index (χ4n) is 1.63. The number of anilines is 1. The van der Waals surface area contributed by atoms with Gasteiger partial charge in [0.15, 0.2) is 0 Å². The van der Waals surface area contributed by atoms with Crippen molar-refractivity contribution in [3.05, 3.63) is 28.2 Å². The third-order valence-corrected chi connectivity index (χ3v) is 3.57.